The van der Waals surface area contributed by atoms with Crippen molar-refractivity contribution in [2.45, 2.75) is 0 Å². The third-order valence-corrected chi connectivity index (χ3v) is 0.766. The highest BCUT2D eigenvalue weighted by Gasteiger charge is 1.79. The monoisotopic (exact) mass is 144 g/mol. The van der Waals surface area contributed by atoms with Gasteiger partial charge in [0.05, 0.1) is 6.34 Å². The van der Waals surface area contributed by atoms with Crippen molar-refractivity contribution in [3.05, 3.63) is 24.5 Å². The van der Waals surface area contributed by atoms with E-state index in [1.807, 2.05) is 0 Å². The van der Waals surface area contributed by atoms with Gasteiger partial charge in [-0.2, -0.15) is 0 Å². The molecule has 0 spiro atoms. The molecule has 9 heavy (non-hydrogen) atoms. The molecule has 0 aromatic heterocycles. The van der Waals surface area contributed by atoms with E-state index in [1.165, 1.54) is 6.34 Å². The van der Waals surface area contributed by atoms with Crippen LogP contribution in [-0.2, 0) is 0 Å². The first-order chi connectivity index (χ1) is 4.16. The molecule has 0 saturated heterocycles. The first kappa shape index (κ1) is 8.24. The fourth-order valence-corrected chi connectivity index (χ4v) is 0.244. The van der Waals surface area contributed by atoms with Gasteiger partial charge in [-0.1, -0.05) is 24.8 Å². The molecule has 0 amide bonds. The van der Waals surface area contributed by atoms with E-state index in [0.29, 0.717) is 0 Å². The third kappa shape index (κ3) is 5.11. The Labute approximate surface area is 60.1 Å². The van der Waals surface area contributed by atoms with Crippen LogP contribution in [0.5, 0.6) is 0 Å². The lowest BCUT2D eigenvalue weighted by atomic mass is 10.8. The maximum absolute atomic E-state index is 5.33. The highest BCUT2D eigenvalue weighted by molar-refractivity contribution is 6.29. The van der Waals surface area contributed by atoms with E-state index in [2.05, 4.69) is 18.2 Å². The van der Waals surface area contributed by atoms with Gasteiger partial charge in [0, 0.05) is 7.05 Å². The summed E-state index contributed by atoms with van der Waals surface area (Å²) in [6, 6.07) is 0. The molecule has 0 unspecified atom stereocenters. The maximum atomic E-state index is 5.33. The molecule has 0 aromatic carbocycles. The predicted molar refractivity (Wildman–Crippen MR) is 41.4 cm³/mol. The average molecular weight is 145 g/mol. The summed E-state index contributed by atoms with van der Waals surface area (Å²) in [5.74, 6) is 0. The summed E-state index contributed by atoms with van der Waals surface area (Å²) in [6.07, 6.45) is 3.14. The zero-order chi connectivity index (χ0) is 7.28. The first-order valence-corrected chi connectivity index (χ1v) is 2.77. The van der Waals surface area contributed by atoms with Crippen LogP contribution >= 0.6 is 11.6 Å². The smallest absolute Gasteiger partial charge is 0.123 e. The Balaban J connectivity index is 3.69. The van der Waals surface area contributed by atoms with E-state index in [9.17, 15) is 0 Å². The van der Waals surface area contributed by atoms with Gasteiger partial charge in [0.25, 0.3) is 0 Å². The second-order valence-corrected chi connectivity index (χ2v) is 1.91. The zero-order valence-corrected chi connectivity index (χ0v) is 6.10. The van der Waals surface area contributed by atoms with E-state index >= 15 is 0 Å². The van der Waals surface area contributed by atoms with Crippen LogP contribution in [0.4, 0.5) is 0 Å². The molecule has 0 atom stereocenters. The standard InChI is InChI=1S/C6H9ClN2/c1-4-9(3)5-8-6(2)7/h4-5H,1-2H2,3H3/b8-5-. The SMILES string of the molecule is C=CN(C)/C=N\C(=C)Cl. The molecular formula is C6H9ClN2. The number of nitrogens with zero attached hydrogens (tertiary/aromatic N) is 2. The van der Waals surface area contributed by atoms with Crippen molar-refractivity contribution in [2.75, 3.05) is 7.05 Å². The average Bonchev–Trinajstić information content (AvgIpc) is 1.83. The normalized spacial score (nSPS) is 9.56. The second-order valence-electron chi connectivity index (χ2n) is 1.47. The summed E-state index contributed by atoms with van der Waals surface area (Å²) in [5.41, 5.74) is 0. The second kappa shape index (κ2) is 4.15. The van der Waals surface area contributed by atoms with Gasteiger partial charge in [0.1, 0.15) is 5.16 Å². The van der Waals surface area contributed by atoms with Crippen LogP contribution in [0.1, 0.15) is 0 Å². The number of hydrogen-bond donors (Lipinski definition) is 0. The minimum absolute atomic E-state index is 0.267. The molecular weight excluding hydrogens is 136 g/mol. The Morgan fingerprint density at radius 3 is 2.67 bits per heavy atom. The van der Waals surface area contributed by atoms with E-state index in [-0.39, 0.29) is 5.16 Å². The number of hydrogen-bond acceptors (Lipinski definition) is 1. The summed E-state index contributed by atoms with van der Waals surface area (Å²) in [7, 11) is 1.80. The Bertz CT molecular complexity index is 140. The predicted octanol–water partition coefficient (Wildman–Crippen LogP) is 1.80. The molecule has 0 radical (unpaired) electrons. The van der Waals surface area contributed by atoms with E-state index < -0.39 is 0 Å². The molecule has 0 fully saturated rings. The minimum Gasteiger partial charge on any atom is -0.343 e. The molecule has 3 heteroatoms. The van der Waals surface area contributed by atoms with Crippen LogP contribution in [0.2, 0.25) is 0 Å². The van der Waals surface area contributed by atoms with Crippen LogP contribution in [-0.4, -0.2) is 18.3 Å². The highest BCUT2D eigenvalue weighted by atomic mass is 35.5. The van der Waals surface area contributed by atoms with Crippen LogP contribution in [0.15, 0.2) is 29.5 Å². The van der Waals surface area contributed by atoms with Crippen molar-refractivity contribution in [1.82, 2.24) is 4.90 Å². The lowest BCUT2D eigenvalue weighted by Crippen LogP contribution is -2.05. The lowest BCUT2D eigenvalue weighted by Gasteiger charge is -2.01. The van der Waals surface area contributed by atoms with Gasteiger partial charge in [-0.25, -0.2) is 4.99 Å². The summed E-state index contributed by atoms with van der Waals surface area (Å²) in [5, 5.41) is 0.267. The molecule has 0 bridgehead atoms. The maximum Gasteiger partial charge on any atom is 0.123 e. The molecule has 50 valence electrons. The van der Waals surface area contributed by atoms with Crippen molar-refractivity contribution in [3.63, 3.8) is 0 Å². The van der Waals surface area contributed by atoms with E-state index in [4.69, 9.17) is 11.6 Å². The van der Waals surface area contributed by atoms with Gasteiger partial charge in [0.15, 0.2) is 0 Å². The molecule has 2 nitrogen and oxygen atoms in total. The van der Waals surface area contributed by atoms with Gasteiger partial charge >= 0.3 is 0 Å². The fraction of sp³-hybridized carbons (Fsp3) is 0.167. The Kier molecular flexibility index (Phi) is 3.80. The van der Waals surface area contributed by atoms with Crippen molar-refractivity contribution in [2.24, 2.45) is 4.99 Å². The highest BCUT2D eigenvalue weighted by Crippen LogP contribution is 1.95. The molecule has 0 heterocycles. The number of halogens is 1. The largest absolute Gasteiger partial charge is 0.343 e. The molecule has 0 aliphatic rings. The number of aliphatic imine (C=N–C) groups is 1. The molecule has 0 saturated carbocycles. The fourth-order valence-electron chi connectivity index (χ4n) is 0.201. The lowest BCUT2D eigenvalue weighted by molar-refractivity contribution is 0.713. The van der Waals surface area contributed by atoms with E-state index in [1.54, 1.807) is 18.1 Å². The Hall–Kier alpha value is -0.760. The van der Waals surface area contributed by atoms with Crippen molar-refractivity contribution in [1.29, 1.82) is 0 Å². The molecule has 0 rings (SSSR count). The van der Waals surface area contributed by atoms with Gasteiger partial charge in [-0.3, -0.25) is 0 Å². The minimum atomic E-state index is 0.267. The summed E-state index contributed by atoms with van der Waals surface area (Å²) in [4.78, 5) is 5.37. The zero-order valence-electron chi connectivity index (χ0n) is 5.34. The van der Waals surface area contributed by atoms with Gasteiger partial charge in [0.2, 0.25) is 0 Å². The van der Waals surface area contributed by atoms with Gasteiger partial charge in [-0.15, -0.1) is 0 Å². The van der Waals surface area contributed by atoms with Crippen LogP contribution in [0, 0.1) is 0 Å². The van der Waals surface area contributed by atoms with Gasteiger partial charge in [-0.05, 0) is 6.20 Å². The third-order valence-electron chi connectivity index (χ3n) is 0.668. The van der Waals surface area contributed by atoms with Crippen molar-refractivity contribution < 1.29 is 0 Å². The summed E-state index contributed by atoms with van der Waals surface area (Å²) in [6.45, 7) is 6.87. The van der Waals surface area contributed by atoms with Crippen molar-refractivity contribution >= 4 is 17.9 Å². The van der Waals surface area contributed by atoms with Crippen LogP contribution in [0.25, 0.3) is 0 Å². The Morgan fingerprint density at radius 1 is 1.78 bits per heavy atom. The van der Waals surface area contributed by atoms with Gasteiger partial charge < -0.3 is 4.90 Å². The molecule has 0 aliphatic carbocycles. The first-order valence-electron chi connectivity index (χ1n) is 2.40. The quantitative estimate of drug-likeness (QED) is 0.335. The van der Waals surface area contributed by atoms with Crippen molar-refractivity contribution in [3.8, 4) is 0 Å². The summed E-state index contributed by atoms with van der Waals surface area (Å²) >= 11 is 5.33. The summed E-state index contributed by atoms with van der Waals surface area (Å²) < 4.78 is 0. The number of rotatable bonds is 3. The van der Waals surface area contributed by atoms with Crippen LogP contribution in [0.3, 0.4) is 0 Å². The molecule has 0 N–H and O–H groups in total. The topological polar surface area (TPSA) is 15.6 Å². The van der Waals surface area contributed by atoms with Crippen LogP contribution < -0.4 is 0 Å². The Morgan fingerprint density at radius 2 is 2.33 bits per heavy atom. The van der Waals surface area contributed by atoms with E-state index in [0.717, 1.165) is 0 Å². The molecule has 0 aliphatic heterocycles. The molecule has 0 aromatic rings.